The molecule has 0 aromatic heterocycles. The summed E-state index contributed by atoms with van der Waals surface area (Å²) in [5.41, 5.74) is 1.02. The Bertz CT molecular complexity index is 633. The fourth-order valence-electron chi connectivity index (χ4n) is 2.86. The molecule has 0 spiro atoms. The van der Waals surface area contributed by atoms with Gasteiger partial charge in [0.15, 0.2) is 0 Å². The fraction of sp³-hybridized carbons (Fsp3) is 0.474. The number of aliphatic carboxylic acids is 2. The van der Waals surface area contributed by atoms with E-state index >= 15 is 0 Å². The lowest BCUT2D eigenvalue weighted by Gasteiger charge is -2.34. The Balaban J connectivity index is 0.000000387. The minimum absolute atomic E-state index is 0.266. The Hall–Kier alpha value is -1.96. The fourth-order valence-corrected chi connectivity index (χ4v) is 3.09. The van der Waals surface area contributed by atoms with Crippen molar-refractivity contribution in [2.45, 2.75) is 38.8 Å². The molecule has 150 valence electrons. The molecule has 0 radical (unpaired) electrons. The highest BCUT2D eigenvalue weighted by Gasteiger charge is 2.21. The van der Waals surface area contributed by atoms with Gasteiger partial charge in [-0.15, -0.1) is 0 Å². The van der Waals surface area contributed by atoms with Crippen molar-refractivity contribution in [3.8, 4) is 0 Å². The summed E-state index contributed by atoms with van der Waals surface area (Å²) in [4.78, 5) is 21.6. The van der Waals surface area contributed by atoms with Crippen LogP contribution in [0.3, 0.4) is 0 Å². The second-order valence-corrected chi connectivity index (χ2v) is 6.60. The number of nitrogens with one attached hydrogen (secondary N) is 1. The van der Waals surface area contributed by atoms with Crippen LogP contribution in [0.4, 0.5) is 4.39 Å². The van der Waals surface area contributed by atoms with Crippen molar-refractivity contribution < 1.29 is 24.2 Å². The van der Waals surface area contributed by atoms with Gasteiger partial charge in [0, 0.05) is 29.8 Å². The summed E-state index contributed by atoms with van der Waals surface area (Å²) in [6.45, 7) is 6.25. The van der Waals surface area contributed by atoms with E-state index in [1.807, 2.05) is 0 Å². The van der Waals surface area contributed by atoms with Crippen molar-refractivity contribution in [1.29, 1.82) is 0 Å². The van der Waals surface area contributed by atoms with Gasteiger partial charge in [-0.2, -0.15) is 0 Å². The monoisotopic (exact) mass is 400 g/mol. The SMILES string of the molecule is CCCN(Cc1ccc(F)cc1Cl)C1CCNCC1.O=C(O)C=CC(=O)O. The number of piperidine rings is 1. The van der Waals surface area contributed by atoms with E-state index in [0.29, 0.717) is 23.2 Å². The molecular formula is C19H26ClFN2O4. The number of benzene rings is 1. The van der Waals surface area contributed by atoms with Crippen LogP contribution < -0.4 is 5.32 Å². The summed E-state index contributed by atoms with van der Waals surface area (Å²) in [6, 6.07) is 5.32. The molecule has 1 aromatic carbocycles. The molecule has 27 heavy (non-hydrogen) atoms. The third-order valence-electron chi connectivity index (χ3n) is 4.09. The summed E-state index contributed by atoms with van der Waals surface area (Å²) in [5, 5.41) is 19.6. The van der Waals surface area contributed by atoms with Crippen LogP contribution in [0.15, 0.2) is 30.4 Å². The number of rotatable bonds is 7. The minimum atomic E-state index is -1.26. The summed E-state index contributed by atoms with van der Waals surface area (Å²) in [6.07, 6.45) is 4.60. The average Bonchev–Trinajstić information content (AvgIpc) is 2.63. The molecule has 0 bridgehead atoms. The number of hydrogen-bond donors (Lipinski definition) is 3. The average molecular weight is 401 g/mol. The molecule has 1 aliphatic heterocycles. The molecule has 1 aliphatic rings. The smallest absolute Gasteiger partial charge is 0.328 e. The first kappa shape index (κ1) is 23.1. The topological polar surface area (TPSA) is 89.9 Å². The highest BCUT2D eigenvalue weighted by atomic mass is 35.5. The Morgan fingerprint density at radius 3 is 2.33 bits per heavy atom. The first-order valence-electron chi connectivity index (χ1n) is 8.86. The zero-order chi connectivity index (χ0) is 20.2. The first-order valence-corrected chi connectivity index (χ1v) is 9.24. The molecule has 1 aromatic rings. The van der Waals surface area contributed by atoms with Crippen LogP contribution in [0, 0.1) is 5.82 Å². The van der Waals surface area contributed by atoms with Crippen molar-refractivity contribution in [2.75, 3.05) is 19.6 Å². The maximum Gasteiger partial charge on any atom is 0.328 e. The van der Waals surface area contributed by atoms with E-state index in [4.69, 9.17) is 21.8 Å². The molecule has 6 nitrogen and oxygen atoms in total. The summed E-state index contributed by atoms with van der Waals surface area (Å²) < 4.78 is 13.1. The number of carboxylic acids is 2. The molecule has 0 aliphatic carbocycles. The lowest BCUT2D eigenvalue weighted by atomic mass is 10.0. The maximum atomic E-state index is 13.1. The quantitative estimate of drug-likeness (QED) is 0.609. The van der Waals surface area contributed by atoms with Crippen LogP contribution >= 0.6 is 11.6 Å². The molecule has 1 saturated heterocycles. The largest absolute Gasteiger partial charge is 0.478 e. The van der Waals surface area contributed by atoms with Crippen LogP contribution in [-0.2, 0) is 16.1 Å². The molecule has 8 heteroatoms. The van der Waals surface area contributed by atoms with E-state index in [-0.39, 0.29) is 5.82 Å². The number of hydrogen-bond acceptors (Lipinski definition) is 4. The molecule has 2 rings (SSSR count). The van der Waals surface area contributed by atoms with Gasteiger partial charge in [-0.3, -0.25) is 4.90 Å². The molecule has 1 heterocycles. The third kappa shape index (κ3) is 9.51. The Morgan fingerprint density at radius 1 is 1.26 bits per heavy atom. The van der Waals surface area contributed by atoms with Crippen molar-refractivity contribution in [1.82, 2.24) is 10.2 Å². The van der Waals surface area contributed by atoms with Crippen LogP contribution in [0.25, 0.3) is 0 Å². The van der Waals surface area contributed by atoms with E-state index in [2.05, 4.69) is 17.1 Å². The van der Waals surface area contributed by atoms with Gasteiger partial charge in [-0.05, 0) is 56.6 Å². The van der Waals surface area contributed by atoms with Crippen molar-refractivity contribution >= 4 is 23.5 Å². The predicted octanol–water partition coefficient (Wildman–Crippen LogP) is 3.15. The van der Waals surface area contributed by atoms with Gasteiger partial charge in [0.05, 0.1) is 0 Å². The van der Waals surface area contributed by atoms with E-state index in [0.717, 1.165) is 38.2 Å². The first-order chi connectivity index (χ1) is 12.8. The number of nitrogens with zero attached hydrogens (tertiary/aromatic N) is 1. The molecule has 1 fully saturated rings. The zero-order valence-corrected chi connectivity index (χ0v) is 16.1. The molecule has 0 saturated carbocycles. The number of halogens is 2. The normalized spacial score (nSPS) is 14.8. The second-order valence-electron chi connectivity index (χ2n) is 6.20. The predicted molar refractivity (Wildman–Crippen MR) is 102 cm³/mol. The standard InChI is InChI=1S/C15H22ClFN2.C4H4O4/c1-2-9-19(14-5-7-18-8-6-14)11-12-3-4-13(17)10-15(12)16;5-3(6)1-2-4(7)8/h3-4,10,14,18H,2,5-9,11H2,1H3;1-2H,(H,5,6)(H,7,8). The lowest BCUT2D eigenvalue weighted by Crippen LogP contribution is -2.43. The molecule has 0 amide bonds. The van der Waals surface area contributed by atoms with Crippen molar-refractivity contribution in [2.24, 2.45) is 0 Å². The van der Waals surface area contributed by atoms with Crippen LogP contribution in [0.1, 0.15) is 31.7 Å². The van der Waals surface area contributed by atoms with E-state index in [1.54, 1.807) is 6.07 Å². The maximum absolute atomic E-state index is 13.1. The molecule has 3 N–H and O–H groups in total. The number of carbonyl (C=O) groups is 2. The second kappa shape index (κ2) is 12.4. The van der Waals surface area contributed by atoms with Gasteiger partial charge >= 0.3 is 11.9 Å². The lowest BCUT2D eigenvalue weighted by molar-refractivity contribution is -0.134. The van der Waals surface area contributed by atoms with Crippen molar-refractivity contribution in [3.63, 3.8) is 0 Å². The van der Waals surface area contributed by atoms with E-state index in [1.165, 1.54) is 25.0 Å². The minimum Gasteiger partial charge on any atom is -0.478 e. The van der Waals surface area contributed by atoms with Gasteiger partial charge in [0.2, 0.25) is 0 Å². The zero-order valence-electron chi connectivity index (χ0n) is 15.3. The van der Waals surface area contributed by atoms with Gasteiger partial charge in [0.25, 0.3) is 0 Å². The summed E-state index contributed by atoms with van der Waals surface area (Å²) in [5.74, 6) is -2.78. The van der Waals surface area contributed by atoms with Crippen LogP contribution in [0.5, 0.6) is 0 Å². The van der Waals surface area contributed by atoms with Gasteiger partial charge < -0.3 is 15.5 Å². The molecule has 0 unspecified atom stereocenters. The van der Waals surface area contributed by atoms with Gasteiger partial charge in [-0.25, -0.2) is 14.0 Å². The highest BCUT2D eigenvalue weighted by Crippen LogP contribution is 2.22. The van der Waals surface area contributed by atoms with Gasteiger partial charge in [0.1, 0.15) is 5.82 Å². The number of carboxylic acid groups (broad SMARTS) is 2. The van der Waals surface area contributed by atoms with E-state index in [9.17, 15) is 14.0 Å². The summed E-state index contributed by atoms with van der Waals surface area (Å²) >= 11 is 6.13. The van der Waals surface area contributed by atoms with Gasteiger partial charge in [-0.1, -0.05) is 24.6 Å². The van der Waals surface area contributed by atoms with Crippen molar-refractivity contribution in [3.05, 3.63) is 46.8 Å². The van der Waals surface area contributed by atoms with E-state index < -0.39 is 11.9 Å². The molecule has 0 atom stereocenters. The molecular weight excluding hydrogens is 375 g/mol. The van der Waals surface area contributed by atoms with Crippen LogP contribution in [-0.4, -0.2) is 52.7 Å². The Labute approximate surface area is 163 Å². The Kier molecular flexibility index (Phi) is 10.6. The Morgan fingerprint density at radius 2 is 1.85 bits per heavy atom. The third-order valence-corrected chi connectivity index (χ3v) is 4.44. The highest BCUT2D eigenvalue weighted by molar-refractivity contribution is 6.31. The van der Waals surface area contributed by atoms with Crippen LogP contribution in [0.2, 0.25) is 5.02 Å². The summed E-state index contributed by atoms with van der Waals surface area (Å²) in [7, 11) is 0.